The Bertz CT molecular complexity index is 295. The molecule has 3 rings (SSSR count). The smallest absolute Gasteiger partial charge is 0.0686 e. The van der Waals surface area contributed by atoms with Gasteiger partial charge in [-0.1, -0.05) is 45.4 Å². The zero-order valence-corrected chi connectivity index (χ0v) is 13.2. The summed E-state index contributed by atoms with van der Waals surface area (Å²) in [6.45, 7) is 3.21. The Morgan fingerprint density at radius 1 is 0.950 bits per heavy atom. The lowest BCUT2D eigenvalue weighted by atomic mass is 9.64. The van der Waals surface area contributed by atoms with Crippen molar-refractivity contribution in [1.29, 1.82) is 0 Å². The second-order valence-electron chi connectivity index (χ2n) is 8.00. The number of rotatable bonds is 2. The highest BCUT2D eigenvalue weighted by molar-refractivity contribution is 4.96. The average molecular weight is 280 g/mol. The molecule has 1 N–H and O–H groups in total. The molecule has 0 amide bonds. The van der Waals surface area contributed by atoms with E-state index in [1.54, 1.807) is 0 Å². The summed E-state index contributed by atoms with van der Waals surface area (Å²) in [4.78, 5) is 0. The van der Waals surface area contributed by atoms with Crippen molar-refractivity contribution in [2.24, 2.45) is 11.3 Å². The topological polar surface area (TPSA) is 29.5 Å². The third-order valence-electron chi connectivity index (χ3n) is 6.45. The standard InChI is InChI=1S/C18H32O2/c1-17(9-4-2-5-10-17)16(19)15-8-13-20-18(14-15)11-6-3-7-12-18/h15-16,19H,2-14H2,1H3. The van der Waals surface area contributed by atoms with Gasteiger partial charge in [0.15, 0.2) is 0 Å². The summed E-state index contributed by atoms with van der Waals surface area (Å²) in [5.74, 6) is 0.477. The van der Waals surface area contributed by atoms with E-state index in [0.717, 1.165) is 19.4 Å². The molecule has 2 atom stereocenters. The van der Waals surface area contributed by atoms with E-state index in [1.165, 1.54) is 64.2 Å². The monoisotopic (exact) mass is 280 g/mol. The van der Waals surface area contributed by atoms with Crippen molar-refractivity contribution in [3.05, 3.63) is 0 Å². The van der Waals surface area contributed by atoms with Gasteiger partial charge in [0.25, 0.3) is 0 Å². The normalized spacial score (nSPS) is 34.8. The van der Waals surface area contributed by atoms with E-state index >= 15 is 0 Å². The summed E-state index contributed by atoms with van der Waals surface area (Å²) >= 11 is 0. The van der Waals surface area contributed by atoms with E-state index in [-0.39, 0.29) is 17.1 Å². The zero-order valence-electron chi connectivity index (χ0n) is 13.2. The highest BCUT2D eigenvalue weighted by Gasteiger charge is 2.45. The van der Waals surface area contributed by atoms with Crippen LogP contribution >= 0.6 is 0 Å². The fraction of sp³-hybridized carbons (Fsp3) is 1.00. The van der Waals surface area contributed by atoms with E-state index in [0.29, 0.717) is 5.92 Å². The summed E-state index contributed by atoms with van der Waals surface area (Å²) in [5, 5.41) is 11.0. The van der Waals surface area contributed by atoms with Crippen molar-refractivity contribution < 1.29 is 9.84 Å². The largest absolute Gasteiger partial charge is 0.392 e. The number of aliphatic hydroxyl groups is 1. The third kappa shape index (κ3) is 2.92. The molecule has 2 heteroatoms. The van der Waals surface area contributed by atoms with Crippen molar-refractivity contribution in [3.8, 4) is 0 Å². The van der Waals surface area contributed by atoms with E-state index in [2.05, 4.69) is 6.92 Å². The fourth-order valence-electron chi connectivity index (χ4n) is 5.10. The van der Waals surface area contributed by atoms with Crippen LogP contribution in [0.5, 0.6) is 0 Å². The molecule has 1 heterocycles. The maximum absolute atomic E-state index is 11.0. The molecule has 116 valence electrons. The maximum atomic E-state index is 11.0. The van der Waals surface area contributed by atoms with E-state index in [4.69, 9.17) is 4.74 Å². The van der Waals surface area contributed by atoms with Crippen LogP contribution in [0.15, 0.2) is 0 Å². The van der Waals surface area contributed by atoms with E-state index < -0.39 is 0 Å². The fourth-order valence-corrected chi connectivity index (χ4v) is 5.10. The number of hydrogen-bond donors (Lipinski definition) is 1. The maximum Gasteiger partial charge on any atom is 0.0686 e. The van der Waals surface area contributed by atoms with E-state index in [9.17, 15) is 5.11 Å². The van der Waals surface area contributed by atoms with Crippen molar-refractivity contribution in [2.45, 2.75) is 95.7 Å². The minimum absolute atomic E-state index is 0.106. The molecule has 0 bridgehead atoms. The molecule has 3 fully saturated rings. The van der Waals surface area contributed by atoms with Crippen LogP contribution in [0.2, 0.25) is 0 Å². The van der Waals surface area contributed by atoms with Gasteiger partial charge in [-0.05, 0) is 49.9 Å². The molecule has 1 saturated heterocycles. The second-order valence-corrected chi connectivity index (χ2v) is 8.00. The van der Waals surface area contributed by atoms with Crippen LogP contribution in [-0.2, 0) is 4.74 Å². The highest BCUT2D eigenvalue weighted by atomic mass is 16.5. The minimum atomic E-state index is -0.106. The minimum Gasteiger partial charge on any atom is -0.392 e. The summed E-state index contributed by atoms with van der Waals surface area (Å²) in [6.07, 6.45) is 15.0. The number of aliphatic hydroxyl groups excluding tert-OH is 1. The Morgan fingerprint density at radius 2 is 1.55 bits per heavy atom. The molecule has 0 radical (unpaired) electrons. The van der Waals surface area contributed by atoms with Crippen LogP contribution in [0, 0.1) is 11.3 Å². The summed E-state index contributed by atoms with van der Waals surface area (Å²) in [5.41, 5.74) is 0.309. The first-order valence-electron chi connectivity index (χ1n) is 8.96. The van der Waals surface area contributed by atoms with Crippen LogP contribution in [0.3, 0.4) is 0 Å². The molecule has 0 aromatic rings. The first-order valence-corrected chi connectivity index (χ1v) is 8.96. The van der Waals surface area contributed by atoms with Gasteiger partial charge in [-0.25, -0.2) is 0 Å². The zero-order chi connectivity index (χ0) is 14.1. The van der Waals surface area contributed by atoms with Gasteiger partial charge in [-0.3, -0.25) is 0 Å². The summed E-state index contributed by atoms with van der Waals surface area (Å²) in [7, 11) is 0. The molecule has 2 unspecified atom stereocenters. The van der Waals surface area contributed by atoms with Crippen LogP contribution in [0.25, 0.3) is 0 Å². The first-order chi connectivity index (χ1) is 9.64. The first kappa shape index (κ1) is 14.8. The van der Waals surface area contributed by atoms with Gasteiger partial charge in [-0.2, -0.15) is 0 Å². The molecule has 2 saturated carbocycles. The van der Waals surface area contributed by atoms with Gasteiger partial charge in [-0.15, -0.1) is 0 Å². The predicted molar refractivity (Wildman–Crippen MR) is 81.7 cm³/mol. The summed E-state index contributed by atoms with van der Waals surface area (Å²) < 4.78 is 6.20. The number of ether oxygens (including phenoxy) is 1. The predicted octanol–water partition coefficient (Wildman–Crippen LogP) is 4.45. The summed E-state index contributed by atoms with van der Waals surface area (Å²) in [6, 6.07) is 0. The molecule has 20 heavy (non-hydrogen) atoms. The SMILES string of the molecule is CC1(C(O)C2CCOC3(CCCCC3)C2)CCCCC1. The van der Waals surface area contributed by atoms with Crippen LogP contribution in [0.4, 0.5) is 0 Å². The van der Waals surface area contributed by atoms with Gasteiger partial charge in [0.2, 0.25) is 0 Å². The van der Waals surface area contributed by atoms with Crippen molar-refractivity contribution in [3.63, 3.8) is 0 Å². The highest BCUT2D eigenvalue weighted by Crippen LogP contribution is 2.47. The molecule has 0 aromatic heterocycles. The van der Waals surface area contributed by atoms with Gasteiger partial charge in [0, 0.05) is 6.61 Å². The Balaban J connectivity index is 1.66. The average Bonchev–Trinajstić information content (AvgIpc) is 2.48. The molecule has 1 spiro atoms. The third-order valence-corrected chi connectivity index (χ3v) is 6.45. The van der Waals surface area contributed by atoms with E-state index in [1.807, 2.05) is 0 Å². The van der Waals surface area contributed by atoms with Crippen LogP contribution in [-0.4, -0.2) is 23.4 Å². The molecule has 2 aliphatic carbocycles. The molecular formula is C18H32O2. The number of hydrogen-bond acceptors (Lipinski definition) is 2. The Hall–Kier alpha value is -0.0800. The lowest BCUT2D eigenvalue weighted by molar-refractivity contribution is -0.150. The van der Waals surface area contributed by atoms with Crippen molar-refractivity contribution in [1.82, 2.24) is 0 Å². The van der Waals surface area contributed by atoms with Crippen molar-refractivity contribution in [2.75, 3.05) is 6.61 Å². The Kier molecular flexibility index (Phi) is 4.42. The molecule has 2 nitrogen and oxygen atoms in total. The Labute approximate surface area is 124 Å². The molecule has 0 aromatic carbocycles. The van der Waals surface area contributed by atoms with Gasteiger partial charge in [0.05, 0.1) is 11.7 Å². The molecular weight excluding hydrogens is 248 g/mol. The molecule has 3 aliphatic rings. The van der Waals surface area contributed by atoms with Crippen LogP contribution in [0.1, 0.15) is 84.0 Å². The Morgan fingerprint density at radius 3 is 2.20 bits per heavy atom. The van der Waals surface area contributed by atoms with Gasteiger partial charge in [0.1, 0.15) is 0 Å². The lowest BCUT2D eigenvalue weighted by Gasteiger charge is -2.48. The van der Waals surface area contributed by atoms with Gasteiger partial charge >= 0.3 is 0 Å². The molecule has 1 aliphatic heterocycles. The second kappa shape index (κ2) is 5.96. The van der Waals surface area contributed by atoms with Crippen LogP contribution < -0.4 is 0 Å². The van der Waals surface area contributed by atoms with Gasteiger partial charge < -0.3 is 9.84 Å². The van der Waals surface area contributed by atoms with Crippen molar-refractivity contribution >= 4 is 0 Å². The quantitative estimate of drug-likeness (QED) is 0.810. The lowest BCUT2D eigenvalue weighted by Crippen LogP contribution is -2.48.